The van der Waals surface area contributed by atoms with Crippen LogP contribution in [-0.2, 0) is 6.54 Å². The maximum Gasteiger partial charge on any atom is 0.137 e. The number of rotatable bonds is 4. The zero-order chi connectivity index (χ0) is 12.7. The van der Waals surface area contributed by atoms with E-state index in [1.807, 2.05) is 6.92 Å². The first-order valence-electron chi connectivity index (χ1n) is 6.62. The predicted molar refractivity (Wildman–Crippen MR) is 70.3 cm³/mol. The first-order valence-corrected chi connectivity index (χ1v) is 6.62. The van der Waals surface area contributed by atoms with Crippen molar-refractivity contribution >= 4 is 11.0 Å². The van der Waals surface area contributed by atoms with Gasteiger partial charge in [0, 0.05) is 10.9 Å². The van der Waals surface area contributed by atoms with Gasteiger partial charge in [-0.25, -0.2) is 4.39 Å². The molecule has 0 bridgehead atoms. The normalized spacial score (nSPS) is 15.5. The van der Waals surface area contributed by atoms with Crippen molar-refractivity contribution in [3.05, 3.63) is 34.8 Å². The highest BCUT2D eigenvalue weighted by Crippen LogP contribution is 2.46. The van der Waals surface area contributed by atoms with Crippen LogP contribution < -0.4 is 5.32 Å². The molecule has 0 unspecified atom stereocenters. The van der Waals surface area contributed by atoms with Crippen LogP contribution in [0, 0.1) is 12.7 Å². The van der Waals surface area contributed by atoms with E-state index in [-0.39, 0.29) is 5.82 Å². The van der Waals surface area contributed by atoms with Crippen molar-refractivity contribution in [3.8, 4) is 0 Å². The standard InChI is InChI=1S/C15H18FNO/c1-3-17-8-13-14(10-4-5-10)12-7-11(16)6-9(2)15(12)18-13/h6-7,10,17H,3-5,8H2,1-2H3. The van der Waals surface area contributed by atoms with Crippen molar-refractivity contribution < 1.29 is 8.81 Å². The highest BCUT2D eigenvalue weighted by Gasteiger charge is 2.31. The van der Waals surface area contributed by atoms with Gasteiger partial charge in [0.25, 0.3) is 0 Å². The van der Waals surface area contributed by atoms with E-state index >= 15 is 0 Å². The first-order chi connectivity index (χ1) is 8.70. The molecule has 0 atom stereocenters. The Balaban J connectivity index is 2.16. The second-order valence-corrected chi connectivity index (χ2v) is 5.09. The lowest BCUT2D eigenvalue weighted by Gasteiger charge is -2.01. The van der Waals surface area contributed by atoms with Crippen LogP contribution in [0.25, 0.3) is 11.0 Å². The van der Waals surface area contributed by atoms with Crippen LogP contribution in [-0.4, -0.2) is 6.54 Å². The van der Waals surface area contributed by atoms with Crippen molar-refractivity contribution in [2.45, 2.75) is 39.2 Å². The van der Waals surface area contributed by atoms with Crippen LogP contribution in [0.3, 0.4) is 0 Å². The topological polar surface area (TPSA) is 25.2 Å². The lowest BCUT2D eigenvalue weighted by Crippen LogP contribution is -2.12. The molecule has 1 fully saturated rings. The van der Waals surface area contributed by atoms with Crippen LogP contribution in [0.2, 0.25) is 0 Å². The summed E-state index contributed by atoms with van der Waals surface area (Å²) in [5, 5.41) is 4.27. The van der Waals surface area contributed by atoms with Gasteiger partial charge in [0.1, 0.15) is 17.2 Å². The Morgan fingerprint density at radius 1 is 1.39 bits per heavy atom. The van der Waals surface area contributed by atoms with Crippen molar-refractivity contribution in [1.82, 2.24) is 5.32 Å². The molecule has 2 nitrogen and oxygen atoms in total. The zero-order valence-corrected chi connectivity index (χ0v) is 10.8. The van der Waals surface area contributed by atoms with E-state index in [0.29, 0.717) is 5.92 Å². The highest BCUT2D eigenvalue weighted by molar-refractivity contribution is 5.86. The van der Waals surface area contributed by atoms with E-state index in [9.17, 15) is 4.39 Å². The third-order valence-electron chi connectivity index (χ3n) is 3.58. The van der Waals surface area contributed by atoms with E-state index in [2.05, 4.69) is 12.2 Å². The van der Waals surface area contributed by atoms with E-state index < -0.39 is 0 Å². The molecule has 3 heteroatoms. The van der Waals surface area contributed by atoms with Gasteiger partial charge in [-0.1, -0.05) is 6.92 Å². The molecule has 3 rings (SSSR count). The monoisotopic (exact) mass is 247 g/mol. The highest BCUT2D eigenvalue weighted by atomic mass is 19.1. The molecular formula is C15H18FNO. The van der Waals surface area contributed by atoms with Crippen LogP contribution >= 0.6 is 0 Å². The van der Waals surface area contributed by atoms with Crippen LogP contribution in [0.4, 0.5) is 4.39 Å². The number of nitrogens with one attached hydrogen (secondary N) is 1. The van der Waals surface area contributed by atoms with Crippen molar-refractivity contribution in [2.75, 3.05) is 6.54 Å². The van der Waals surface area contributed by atoms with Crippen molar-refractivity contribution in [2.24, 2.45) is 0 Å². The molecule has 1 saturated carbocycles. The third kappa shape index (κ3) is 1.93. The van der Waals surface area contributed by atoms with E-state index in [0.717, 1.165) is 35.4 Å². The van der Waals surface area contributed by atoms with Gasteiger partial charge in [-0.05, 0) is 49.9 Å². The fourth-order valence-electron chi connectivity index (χ4n) is 2.58. The fraction of sp³-hybridized carbons (Fsp3) is 0.467. The number of hydrogen-bond donors (Lipinski definition) is 1. The minimum atomic E-state index is -0.169. The summed E-state index contributed by atoms with van der Waals surface area (Å²) in [6, 6.07) is 3.16. The van der Waals surface area contributed by atoms with E-state index in [4.69, 9.17) is 4.42 Å². The molecule has 0 spiro atoms. The van der Waals surface area contributed by atoms with Gasteiger partial charge in [0.2, 0.25) is 0 Å². The molecule has 1 aliphatic rings. The zero-order valence-electron chi connectivity index (χ0n) is 10.8. The van der Waals surface area contributed by atoms with Crippen LogP contribution in [0.5, 0.6) is 0 Å². The Hall–Kier alpha value is -1.35. The molecule has 18 heavy (non-hydrogen) atoms. The molecule has 96 valence electrons. The third-order valence-corrected chi connectivity index (χ3v) is 3.58. The molecule has 1 aromatic carbocycles. The van der Waals surface area contributed by atoms with Gasteiger partial charge in [-0.15, -0.1) is 0 Å². The van der Waals surface area contributed by atoms with Crippen molar-refractivity contribution in [3.63, 3.8) is 0 Å². The summed E-state index contributed by atoms with van der Waals surface area (Å²) >= 11 is 0. The number of furan rings is 1. The molecule has 1 N–H and O–H groups in total. The summed E-state index contributed by atoms with van der Waals surface area (Å²) in [5.41, 5.74) is 2.97. The first kappa shape index (κ1) is 11.7. The predicted octanol–water partition coefficient (Wildman–Crippen LogP) is 3.87. The number of hydrogen-bond acceptors (Lipinski definition) is 2. The van der Waals surface area contributed by atoms with Crippen molar-refractivity contribution in [1.29, 1.82) is 0 Å². The van der Waals surface area contributed by atoms with E-state index in [1.54, 1.807) is 12.1 Å². The second kappa shape index (κ2) is 4.39. The van der Waals surface area contributed by atoms with E-state index in [1.165, 1.54) is 18.4 Å². The second-order valence-electron chi connectivity index (χ2n) is 5.09. The molecule has 0 amide bonds. The Morgan fingerprint density at radius 2 is 2.17 bits per heavy atom. The number of benzene rings is 1. The Labute approximate surface area is 106 Å². The smallest absolute Gasteiger partial charge is 0.137 e. The summed E-state index contributed by atoms with van der Waals surface area (Å²) in [4.78, 5) is 0. The fourth-order valence-corrected chi connectivity index (χ4v) is 2.58. The van der Waals surface area contributed by atoms with Gasteiger partial charge in [0.05, 0.1) is 6.54 Å². The lowest BCUT2D eigenvalue weighted by atomic mass is 10.0. The molecule has 1 aliphatic carbocycles. The molecule has 0 radical (unpaired) electrons. The molecule has 2 aromatic rings. The number of aryl methyl sites for hydroxylation is 1. The average Bonchev–Trinajstić information content (AvgIpc) is 3.09. The maximum atomic E-state index is 13.6. The maximum absolute atomic E-state index is 13.6. The van der Waals surface area contributed by atoms with Crippen LogP contribution in [0.15, 0.2) is 16.5 Å². The summed E-state index contributed by atoms with van der Waals surface area (Å²) in [5.74, 6) is 1.39. The average molecular weight is 247 g/mol. The van der Waals surface area contributed by atoms with Crippen LogP contribution in [0.1, 0.15) is 42.6 Å². The molecular weight excluding hydrogens is 229 g/mol. The molecule has 1 heterocycles. The Kier molecular flexibility index (Phi) is 2.86. The number of fused-ring (bicyclic) bond motifs is 1. The minimum absolute atomic E-state index is 0.169. The SMILES string of the molecule is CCNCc1oc2c(C)cc(F)cc2c1C1CC1. The lowest BCUT2D eigenvalue weighted by molar-refractivity contribution is 0.512. The summed E-state index contributed by atoms with van der Waals surface area (Å²) in [6.07, 6.45) is 2.40. The van der Waals surface area contributed by atoms with Gasteiger partial charge in [0.15, 0.2) is 0 Å². The number of halogens is 1. The van der Waals surface area contributed by atoms with Gasteiger partial charge >= 0.3 is 0 Å². The van der Waals surface area contributed by atoms with Gasteiger partial charge in [-0.3, -0.25) is 0 Å². The van der Waals surface area contributed by atoms with Gasteiger partial charge < -0.3 is 9.73 Å². The summed E-state index contributed by atoms with van der Waals surface area (Å²) < 4.78 is 19.5. The summed E-state index contributed by atoms with van der Waals surface area (Å²) in [7, 11) is 0. The molecule has 1 aromatic heterocycles. The summed E-state index contributed by atoms with van der Waals surface area (Å²) in [6.45, 7) is 5.62. The largest absolute Gasteiger partial charge is 0.459 e. The Morgan fingerprint density at radius 3 is 2.83 bits per heavy atom. The Bertz CT molecular complexity index is 584. The quantitative estimate of drug-likeness (QED) is 0.887. The van der Waals surface area contributed by atoms with Gasteiger partial charge in [-0.2, -0.15) is 0 Å². The minimum Gasteiger partial charge on any atom is -0.459 e. The molecule has 0 aliphatic heterocycles. The molecule has 0 saturated heterocycles.